The number of urea groups is 1. The zero-order chi connectivity index (χ0) is 18.5. The quantitative estimate of drug-likeness (QED) is 0.704. The molecule has 0 fully saturated rings. The molecule has 2 N–H and O–H groups in total. The molecular weight excluding hydrogens is 330 g/mol. The van der Waals surface area contributed by atoms with Crippen molar-refractivity contribution in [2.24, 2.45) is 0 Å². The standard InChI is InChI=1S/C19H23N5O2/c1-4-8-24-14(3)17(13(2)23-24)10-21-19(25)22-16-7-5-6-15(9-16)18-11-20-12-26-18/h5-7,9,11-12H,4,8,10H2,1-3H3,(H2,21,22,25). The first-order valence-corrected chi connectivity index (χ1v) is 8.65. The molecule has 2 heterocycles. The van der Waals surface area contributed by atoms with Crippen LogP contribution in [0.1, 0.15) is 30.3 Å². The van der Waals surface area contributed by atoms with E-state index in [-0.39, 0.29) is 6.03 Å². The topological polar surface area (TPSA) is 85.0 Å². The number of aromatic nitrogens is 3. The average molecular weight is 353 g/mol. The summed E-state index contributed by atoms with van der Waals surface area (Å²) in [5, 5.41) is 10.3. The third-order valence-corrected chi connectivity index (χ3v) is 4.23. The Morgan fingerprint density at radius 3 is 2.88 bits per heavy atom. The van der Waals surface area contributed by atoms with Gasteiger partial charge in [-0.25, -0.2) is 9.78 Å². The van der Waals surface area contributed by atoms with Gasteiger partial charge < -0.3 is 15.1 Å². The Morgan fingerprint density at radius 1 is 1.31 bits per heavy atom. The van der Waals surface area contributed by atoms with Crippen LogP contribution in [0.25, 0.3) is 11.3 Å². The van der Waals surface area contributed by atoms with E-state index in [4.69, 9.17) is 4.42 Å². The summed E-state index contributed by atoms with van der Waals surface area (Å²) in [5.74, 6) is 0.656. The van der Waals surface area contributed by atoms with Gasteiger partial charge in [-0.3, -0.25) is 4.68 Å². The molecule has 1 aromatic carbocycles. The zero-order valence-corrected chi connectivity index (χ0v) is 15.2. The van der Waals surface area contributed by atoms with E-state index in [2.05, 4.69) is 27.6 Å². The second-order valence-electron chi connectivity index (χ2n) is 6.13. The predicted octanol–water partition coefficient (Wildman–Crippen LogP) is 3.89. The van der Waals surface area contributed by atoms with Gasteiger partial charge in [0.2, 0.25) is 0 Å². The highest BCUT2D eigenvalue weighted by molar-refractivity contribution is 5.89. The van der Waals surface area contributed by atoms with Crippen molar-refractivity contribution in [3.63, 3.8) is 0 Å². The van der Waals surface area contributed by atoms with E-state index in [1.807, 2.05) is 42.8 Å². The van der Waals surface area contributed by atoms with Crippen molar-refractivity contribution in [1.29, 1.82) is 0 Å². The van der Waals surface area contributed by atoms with Crippen LogP contribution in [-0.4, -0.2) is 20.8 Å². The summed E-state index contributed by atoms with van der Waals surface area (Å²) in [6, 6.07) is 7.17. The summed E-state index contributed by atoms with van der Waals surface area (Å²) in [4.78, 5) is 16.2. The van der Waals surface area contributed by atoms with Crippen molar-refractivity contribution in [3.05, 3.63) is 53.8 Å². The lowest BCUT2D eigenvalue weighted by molar-refractivity contribution is 0.251. The molecule has 7 nitrogen and oxygen atoms in total. The van der Waals surface area contributed by atoms with Crippen LogP contribution in [0.4, 0.5) is 10.5 Å². The van der Waals surface area contributed by atoms with Gasteiger partial charge in [-0.2, -0.15) is 5.10 Å². The molecule has 0 saturated heterocycles. The Labute approximate surface area is 152 Å². The SMILES string of the molecule is CCCn1nc(C)c(CNC(=O)Nc2cccc(-c3cnco3)c2)c1C. The molecule has 0 atom stereocenters. The first-order chi connectivity index (χ1) is 12.6. The van der Waals surface area contributed by atoms with E-state index in [1.165, 1.54) is 6.39 Å². The molecule has 0 aliphatic carbocycles. The maximum atomic E-state index is 12.3. The monoisotopic (exact) mass is 353 g/mol. The fourth-order valence-corrected chi connectivity index (χ4v) is 2.87. The van der Waals surface area contributed by atoms with Gasteiger partial charge in [-0.1, -0.05) is 19.1 Å². The number of hydrogen-bond acceptors (Lipinski definition) is 4. The molecule has 3 aromatic rings. The lowest BCUT2D eigenvalue weighted by atomic mass is 10.1. The molecule has 3 rings (SSSR count). The van der Waals surface area contributed by atoms with E-state index >= 15 is 0 Å². The van der Waals surface area contributed by atoms with Crippen LogP contribution in [0.5, 0.6) is 0 Å². The number of benzene rings is 1. The van der Waals surface area contributed by atoms with Crippen LogP contribution in [-0.2, 0) is 13.1 Å². The average Bonchev–Trinajstić information content (AvgIpc) is 3.24. The van der Waals surface area contributed by atoms with Crippen molar-refractivity contribution >= 4 is 11.7 Å². The minimum absolute atomic E-state index is 0.262. The molecule has 2 aromatic heterocycles. The van der Waals surface area contributed by atoms with Crippen molar-refractivity contribution in [3.8, 4) is 11.3 Å². The van der Waals surface area contributed by atoms with Crippen molar-refractivity contribution < 1.29 is 9.21 Å². The van der Waals surface area contributed by atoms with Crippen LogP contribution in [0.2, 0.25) is 0 Å². The highest BCUT2D eigenvalue weighted by Gasteiger charge is 2.12. The first-order valence-electron chi connectivity index (χ1n) is 8.65. The zero-order valence-electron chi connectivity index (χ0n) is 15.2. The lowest BCUT2D eigenvalue weighted by Crippen LogP contribution is -2.28. The van der Waals surface area contributed by atoms with Gasteiger partial charge >= 0.3 is 6.03 Å². The summed E-state index contributed by atoms with van der Waals surface area (Å²) in [6.07, 6.45) is 4.04. The molecule has 0 spiro atoms. The maximum Gasteiger partial charge on any atom is 0.319 e. The van der Waals surface area contributed by atoms with E-state index in [0.29, 0.717) is 18.0 Å². The minimum Gasteiger partial charge on any atom is -0.444 e. The normalized spacial score (nSPS) is 10.7. The van der Waals surface area contributed by atoms with Gasteiger partial charge in [-0.05, 0) is 32.4 Å². The number of oxazole rings is 1. The maximum absolute atomic E-state index is 12.3. The number of aryl methyl sites for hydroxylation is 2. The molecule has 7 heteroatoms. The second kappa shape index (κ2) is 7.86. The molecule has 0 aliphatic heterocycles. The minimum atomic E-state index is -0.262. The molecule has 0 saturated carbocycles. The summed E-state index contributed by atoms with van der Waals surface area (Å²) in [5.41, 5.74) is 4.64. The molecule has 0 bridgehead atoms. The molecule has 136 valence electrons. The Hall–Kier alpha value is -3.09. The molecule has 0 unspecified atom stereocenters. The first kappa shape index (κ1) is 17.7. The number of rotatable bonds is 6. The van der Waals surface area contributed by atoms with E-state index in [0.717, 1.165) is 35.5 Å². The van der Waals surface area contributed by atoms with Crippen LogP contribution in [0, 0.1) is 13.8 Å². The second-order valence-corrected chi connectivity index (χ2v) is 6.13. The summed E-state index contributed by atoms with van der Waals surface area (Å²) in [7, 11) is 0. The smallest absolute Gasteiger partial charge is 0.319 e. The third-order valence-electron chi connectivity index (χ3n) is 4.23. The van der Waals surface area contributed by atoms with Gasteiger partial charge in [0.25, 0.3) is 0 Å². The summed E-state index contributed by atoms with van der Waals surface area (Å²) < 4.78 is 7.28. The molecular formula is C19H23N5O2. The van der Waals surface area contributed by atoms with Gasteiger partial charge in [0.15, 0.2) is 12.2 Å². The Morgan fingerprint density at radius 2 is 2.15 bits per heavy atom. The number of carbonyl (C=O) groups excluding carboxylic acids is 1. The molecule has 26 heavy (non-hydrogen) atoms. The number of anilines is 1. The largest absolute Gasteiger partial charge is 0.444 e. The Bertz CT molecular complexity index is 883. The number of nitrogens with one attached hydrogen (secondary N) is 2. The van der Waals surface area contributed by atoms with Gasteiger partial charge in [0, 0.05) is 35.6 Å². The highest BCUT2D eigenvalue weighted by Crippen LogP contribution is 2.22. The van der Waals surface area contributed by atoms with Crippen molar-refractivity contribution in [2.75, 3.05) is 5.32 Å². The lowest BCUT2D eigenvalue weighted by Gasteiger charge is -2.09. The van der Waals surface area contributed by atoms with E-state index in [9.17, 15) is 4.79 Å². The Balaban J connectivity index is 1.62. The van der Waals surface area contributed by atoms with E-state index < -0.39 is 0 Å². The number of nitrogens with zero attached hydrogens (tertiary/aromatic N) is 3. The molecule has 0 aliphatic rings. The number of amides is 2. The van der Waals surface area contributed by atoms with E-state index in [1.54, 1.807) is 6.20 Å². The summed E-state index contributed by atoms with van der Waals surface area (Å²) in [6.45, 7) is 7.44. The van der Waals surface area contributed by atoms with Crippen LogP contribution < -0.4 is 10.6 Å². The molecule has 0 radical (unpaired) electrons. The van der Waals surface area contributed by atoms with Gasteiger partial charge in [0.1, 0.15) is 0 Å². The summed E-state index contributed by atoms with van der Waals surface area (Å²) >= 11 is 0. The van der Waals surface area contributed by atoms with Crippen molar-refractivity contribution in [1.82, 2.24) is 20.1 Å². The Kier molecular flexibility index (Phi) is 5.36. The van der Waals surface area contributed by atoms with Crippen LogP contribution in [0.15, 0.2) is 41.3 Å². The fraction of sp³-hybridized carbons (Fsp3) is 0.316. The predicted molar refractivity (Wildman–Crippen MR) is 99.8 cm³/mol. The van der Waals surface area contributed by atoms with Crippen LogP contribution in [0.3, 0.4) is 0 Å². The third kappa shape index (κ3) is 3.93. The van der Waals surface area contributed by atoms with Crippen molar-refractivity contribution in [2.45, 2.75) is 40.3 Å². The highest BCUT2D eigenvalue weighted by atomic mass is 16.3. The van der Waals surface area contributed by atoms with Crippen LogP contribution >= 0.6 is 0 Å². The number of carbonyl (C=O) groups is 1. The molecule has 2 amide bonds. The van der Waals surface area contributed by atoms with Gasteiger partial charge in [0.05, 0.1) is 11.9 Å². The van der Waals surface area contributed by atoms with Gasteiger partial charge in [-0.15, -0.1) is 0 Å². The number of hydrogen-bond donors (Lipinski definition) is 2. The fourth-order valence-electron chi connectivity index (χ4n) is 2.87.